The molecule has 1 aromatic heterocycles. The molecule has 218 valence electrons. The van der Waals surface area contributed by atoms with Crippen LogP contribution in [0.4, 0.5) is 10.5 Å². The van der Waals surface area contributed by atoms with Gasteiger partial charge in [-0.05, 0) is 76.6 Å². The largest absolute Gasteiger partial charge is 0.497 e. The third-order valence-corrected chi connectivity index (χ3v) is 7.65. The first kappa shape index (κ1) is 28.7. The molecule has 10 nitrogen and oxygen atoms in total. The molecule has 10 heteroatoms. The number of urea groups is 1. The number of Topliss-reactive ketones (excluding diaryl/α,β-unsaturated/α-hetero) is 1. The zero-order valence-corrected chi connectivity index (χ0v) is 24.4. The molecule has 0 saturated carbocycles. The minimum Gasteiger partial charge on any atom is -0.497 e. The molecule has 3 aromatic rings. The van der Waals surface area contributed by atoms with Crippen LogP contribution >= 0.6 is 0 Å². The molecular weight excluding hydrogens is 520 g/mol. The van der Waals surface area contributed by atoms with Crippen molar-refractivity contribution in [2.45, 2.75) is 13.0 Å². The number of nitrogens with one attached hydrogen (secondary N) is 2. The zero-order valence-electron chi connectivity index (χ0n) is 24.4. The van der Waals surface area contributed by atoms with Crippen molar-refractivity contribution in [2.24, 2.45) is 0 Å². The number of hydrogen-bond donors (Lipinski definition) is 2. The van der Waals surface area contributed by atoms with E-state index in [4.69, 9.17) is 9.47 Å². The number of rotatable bonds is 10. The maximum Gasteiger partial charge on any atom is 0.319 e. The van der Waals surface area contributed by atoms with Crippen LogP contribution in [0.2, 0.25) is 0 Å². The number of ketones is 1. The summed E-state index contributed by atoms with van der Waals surface area (Å²) in [5.41, 5.74) is 2.94. The van der Waals surface area contributed by atoms with Gasteiger partial charge in [-0.25, -0.2) is 4.79 Å². The first-order valence-electron chi connectivity index (χ1n) is 14.2. The van der Waals surface area contributed by atoms with Gasteiger partial charge in [0.25, 0.3) is 0 Å². The Kier molecular flexibility index (Phi) is 8.92. The highest BCUT2D eigenvalue weighted by atomic mass is 16.5. The minimum atomic E-state index is -0.302. The number of benzene rings is 2. The predicted molar refractivity (Wildman–Crippen MR) is 162 cm³/mol. The minimum absolute atomic E-state index is 0.212. The van der Waals surface area contributed by atoms with Crippen LogP contribution in [0, 0.1) is 0 Å². The number of fused-ring (bicyclic) bond motifs is 2. The third kappa shape index (κ3) is 6.90. The van der Waals surface area contributed by atoms with E-state index in [1.165, 1.54) is 0 Å². The maximum absolute atomic E-state index is 13.4. The summed E-state index contributed by atoms with van der Waals surface area (Å²) in [7, 11) is 7.81. The lowest BCUT2D eigenvalue weighted by Gasteiger charge is -2.32. The Morgan fingerprint density at radius 2 is 1.90 bits per heavy atom. The SMILES string of the molecule is COc1ccc2c(c1)c(/C=C1\Oc3ccc(NC(=O)NCCCN(C)C)cc3C1=O)cn2CCN1CCN(C)CC1. The Labute approximate surface area is 241 Å². The number of methoxy groups -OCH3 is 1. The van der Waals surface area contributed by atoms with Crippen molar-refractivity contribution in [2.75, 3.05) is 79.4 Å². The van der Waals surface area contributed by atoms with Gasteiger partial charge in [-0.3, -0.25) is 9.69 Å². The molecule has 1 fully saturated rings. The van der Waals surface area contributed by atoms with Crippen molar-refractivity contribution in [3.8, 4) is 11.5 Å². The highest BCUT2D eigenvalue weighted by Gasteiger charge is 2.28. The van der Waals surface area contributed by atoms with Gasteiger partial charge in [0.1, 0.15) is 11.5 Å². The molecule has 0 aliphatic carbocycles. The van der Waals surface area contributed by atoms with E-state index in [2.05, 4.69) is 49.2 Å². The Hall–Kier alpha value is -3.86. The number of allylic oxidation sites excluding steroid dienone is 1. The number of ether oxygens (including phenoxy) is 2. The van der Waals surface area contributed by atoms with Crippen molar-refractivity contribution < 1.29 is 19.1 Å². The van der Waals surface area contributed by atoms with Gasteiger partial charge >= 0.3 is 6.03 Å². The summed E-state index contributed by atoms with van der Waals surface area (Å²) in [5, 5.41) is 6.66. The first-order valence-corrected chi connectivity index (χ1v) is 14.2. The van der Waals surface area contributed by atoms with E-state index in [0.717, 1.165) is 74.5 Å². The van der Waals surface area contributed by atoms with E-state index in [-0.39, 0.29) is 17.6 Å². The highest BCUT2D eigenvalue weighted by molar-refractivity contribution is 6.15. The van der Waals surface area contributed by atoms with Crippen LogP contribution in [-0.4, -0.2) is 105 Å². The van der Waals surface area contributed by atoms with Crippen LogP contribution in [0.1, 0.15) is 22.3 Å². The molecule has 1 saturated heterocycles. The molecule has 0 spiro atoms. The molecule has 2 aromatic carbocycles. The molecule has 41 heavy (non-hydrogen) atoms. The number of anilines is 1. The van der Waals surface area contributed by atoms with Gasteiger partial charge in [0.2, 0.25) is 5.78 Å². The predicted octanol–water partition coefficient (Wildman–Crippen LogP) is 3.59. The number of carbonyl (C=O) groups excluding carboxylic acids is 2. The van der Waals surface area contributed by atoms with E-state index >= 15 is 0 Å². The molecule has 0 radical (unpaired) electrons. The summed E-state index contributed by atoms with van der Waals surface area (Å²) >= 11 is 0. The van der Waals surface area contributed by atoms with Crippen molar-refractivity contribution in [3.63, 3.8) is 0 Å². The molecule has 3 heterocycles. The lowest BCUT2D eigenvalue weighted by molar-refractivity contribution is 0.101. The maximum atomic E-state index is 13.4. The monoisotopic (exact) mass is 560 g/mol. The van der Waals surface area contributed by atoms with Crippen LogP contribution in [0.15, 0.2) is 48.4 Å². The quantitative estimate of drug-likeness (QED) is 0.289. The molecule has 2 aliphatic rings. The summed E-state index contributed by atoms with van der Waals surface area (Å²) in [4.78, 5) is 32.6. The number of nitrogens with zero attached hydrogens (tertiary/aromatic N) is 4. The van der Waals surface area contributed by atoms with Gasteiger partial charge < -0.3 is 34.5 Å². The zero-order chi connectivity index (χ0) is 28.9. The standard InChI is InChI=1S/C31H40N6O4/c1-34(2)11-5-10-32-31(39)33-23-6-9-28-26(19-23)30(38)29(41-28)18-22-21-37(17-16-36-14-12-35(3)13-15-36)27-8-7-24(40-4)20-25(22)27/h6-9,18-21H,5,10-17H2,1-4H3,(H2,32,33,39)/b29-18-. The van der Waals surface area contributed by atoms with Gasteiger partial charge in [-0.1, -0.05) is 0 Å². The Morgan fingerprint density at radius 3 is 2.66 bits per heavy atom. The molecule has 0 atom stereocenters. The van der Waals surface area contributed by atoms with Crippen LogP contribution in [0.3, 0.4) is 0 Å². The average Bonchev–Trinajstić information content (AvgIpc) is 3.46. The number of carbonyl (C=O) groups is 2. The van der Waals surface area contributed by atoms with Crippen LogP contribution < -0.4 is 20.1 Å². The lowest BCUT2D eigenvalue weighted by atomic mass is 10.1. The molecule has 2 aliphatic heterocycles. The fraction of sp³-hybridized carbons (Fsp3) is 0.419. The summed E-state index contributed by atoms with van der Waals surface area (Å²) in [5.74, 6) is 1.28. The number of piperazine rings is 1. The van der Waals surface area contributed by atoms with Gasteiger partial charge in [0.05, 0.1) is 12.7 Å². The van der Waals surface area contributed by atoms with Crippen molar-refractivity contribution in [1.29, 1.82) is 0 Å². The van der Waals surface area contributed by atoms with E-state index < -0.39 is 0 Å². The fourth-order valence-electron chi connectivity index (χ4n) is 5.23. The van der Waals surface area contributed by atoms with Crippen molar-refractivity contribution in [3.05, 3.63) is 59.5 Å². The number of aromatic nitrogens is 1. The second-order valence-electron chi connectivity index (χ2n) is 11.0. The van der Waals surface area contributed by atoms with Gasteiger partial charge in [0, 0.05) is 74.2 Å². The van der Waals surface area contributed by atoms with Crippen molar-refractivity contribution >= 4 is 34.5 Å². The second kappa shape index (κ2) is 12.8. The number of hydrogen-bond acceptors (Lipinski definition) is 7. The number of amides is 2. The highest BCUT2D eigenvalue weighted by Crippen LogP contribution is 2.35. The first-order chi connectivity index (χ1) is 19.8. The fourth-order valence-corrected chi connectivity index (χ4v) is 5.23. The van der Waals surface area contributed by atoms with Crippen LogP contribution in [0.25, 0.3) is 17.0 Å². The molecule has 0 bridgehead atoms. The third-order valence-electron chi connectivity index (χ3n) is 7.65. The van der Waals surface area contributed by atoms with E-state index in [1.807, 2.05) is 26.2 Å². The number of likely N-dealkylation sites (N-methyl/N-ethyl adjacent to an activating group) is 1. The van der Waals surface area contributed by atoms with Crippen LogP contribution in [0.5, 0.6) is 11.5 Å². The molecule has 0 unspecified atom stereocenters. The summed E-state index contributed by atoms with van der Waals surface area (Å²) in [6.45, 7) is 7.56. The molecular formula is C31H40N6O4. The normalized spacial score (nSPS) is 16.8. The van der Waals surface area contributed by atoms with E-state index in [1.54, 1.807) is 31.4 Å². The van der Waals surface area contributed by atoms with Crippen molar-refractivity contribution in [1.82, 2.24) is 24.6 Å². The smallest absolute Gasteiger partial charge is 0.319 e. The lowest BCUT2D eigenvalue weighted by Crippen LogP contribution is -2.45. The van der Waals surface area contributed by atoms with Gasteiger partial charge in [-0.2, -0.15) is 0 Å². The Balaban J connectivity index is 1.31. The Bertz CT molecular complexity index is 1440. The van der Waals surface area contributed by atoms with Gasteiger partial charge in [0.15, 0.2) is 5.76 Å². The molecule has 5 rings (SSSR count). The Morgan fingerprint density at radius 1 is 1.10 bits per heavy atom. The van der Waals surface area contributed by atoms with Gasteiger partial charge in [-0.15, -0.1) is 0 Å². The topological polar surface area (TPSA) is 91.3 Å². The molecule has 2 N–H and O–H groups in total. The van der Waals surface area contributed by atoms with E-state index in [9.17, 15) is 9.59 Å². The second-order valence-corrected chi connectivity index (χ2v) is 11.0. The summed E-state index contributed by atoms with van der Waals surface area (Å²) in [6, 6.07) is 10.9. The average molecular weight is 561 g/mol. The van der Waals surface area contributed by atoms with E-state index in [0.29, 0.717) is 23.5 Å². The summed E-state index contributed by atoms with van der Waals surface area (Å²) in [6.07, 6.45) is 4.74. The van der Waals surface area contributed by atoms with Crippen LogP contribution in [-0.2, 0) is 6.54 Å². The molecule has 2 amide bonds. The summed E-state index contributed by atoms with van der Waals surface area (Å²) < 4.78 is 13.7.